The van der Waals surface area contributed by atoms with Gasteiger partial charge in [0.15, 0.2) is 5.17 Å². The third-order valence-corrected chi connectivity index (χ3v) is 8.62. The molecule has 0 unspecified atom stereocenters. The first-order valence-electron chi connectivity index (χ1n) is 13.6. The molecule has 43 heavy (non-hydrogen) atoms. The van der Waals surface area contributed by atoms with E-state index in [1.807, 2.05) is 78.9 Å². The molecule has 1 amide bonds. The second-order valence-electron chi connectivity index (χ2n) is 9.99. The van der Waals surface area contributed by atoms with E-state index in [1.165, 1.54) is 11.8 Å². The van der Waals surface area contributed by atoms with Crippen LogP contribution >= 0.6 is 35.0 Å². The molecular weight excluding hydrogens is 601 g/mol. The molecular formula is C34H27Cl2N3O3S. The summed E-state index contributed by atoms with van der Waals surface area (Å²) >= 11 is 13.7. The Bertz CT molecular complexity index is 1830. The molecule has 1 saturated heterocycles. The summed E-state index contributed by atoms with van der Waals surface area (Å²) in [6.45, 7) is 4.75. The number of rotatable bonds is 8. The molecule has 0 saturated carbocycles. The van der Waals surface area contributed by atoms with Gasteiger partial charge in [0.25, 0.3) is 5.91 Å². The number of amides is 1. The molecule has 0 radical (unpaired) electrons. The number of hydrogen-bond acceptors (Lipinski definition) is 5. The maximum atomic E-state index is 13.6. The van der Waals surface area contributed by atoms with Crippen molar-refractivity contribution < 1.29 is 13.9 Å². The average Bonchev–Trinajstić information content (AvgIpc) is 3.69. The van der Waals surface area contributed by atoms with E-state index >= 15 is 0 Å². The minimum Gasteiger partial charge on any atom is -0.489 e. The summed E-state index contributed by atoms with van der Waals surface area (Å²) in [5, 5.41) is 1.78. The second-order valence-corrected chi connectivity index (χ2v) is 11.8. The number of carbonyl (C=O) groups excluding carboxylic acids is 1. The van der Waals surface area contributed by atoms with Gasteiger partial charge < -0.3 is 13.7 Å². The van der Waals surface area contributed by atoms with E-state index in [-0.39, 0.29) is 5.91 Å². The summed E-state index contributed by atoms with van der Waals surface area (Å²) in [5.41, 5.74) is 5.67. The smallest absolute Gasteiger partial charge is 0.267 e. The van der Waals surface area contributed by atoms with Crippen molar-refractivity contribution in [2.24, 2.45) is 4.99 Å². The molecule has 6 nitrogen and oxygen atoms in total. The van der Waals surface area contributed by atoms with Crippen LogP contribution in [0.5, 0.6) is 5.75 Å². The SMILES string of the molecule is Cc1cc(C=C2SC(=Nc3ccccc3)N(Cc3ccco3)C2=O)c(C)n1-c1ccc(OCc2ccc(Cl)cc2Cl)cc1. The summed E-state index contributed by atoms with van der Waals surface area (Å²) in [7, 11) is 0. The van der Waals surface area contributed by atoms with E-state index in [2.05, 4.69) is 24.5 Å². The van der Waals surface area contributed by atoms with E-state index in [1.54, 1.807) is 23.3 Å². The highest BCUT2D eigenvalue weighted by Gasteiger charge is 2.34. The van der Waals surface area contributed by atoms with Crippen LogP contribution in [0.1, 0.15) is 28.3 Å². The minimum atomic E-state index is -0.108. The maximum Gasteiger partial charge on any atom is 0.267 e. The van der Waals surface area contributed by atoms with Crippen molar-refractivity contribution in [2.75, 3.05) is 0 Å². The number of aryl methyl sites for hydroxylation is 1. The molecule has 1 aliphatic heterocycles. The van der Waals surface area contributed by atoms with Crippen LogP contribution in [0, 0.1) is 13.8 Å². The third kappa shape index (κ3) is 6.44. The number of thioether (sulfide) groups is 1. The number of carbonyl (C=O) groups is 1. The fraction of sp³-hybridized carbons (Fsp3) is 0.118. The summed E-state index contributed by atoms with van der Waals surface area (Å²) in [6.07, 6.45) is 3.55. The highest BCUT2D eigenvalue weighted by Crippen LogP contribution is 2.36. The Morgan fingerprint density at radius 3 is 2.47 bits per heavy atom. The predicted molar refractivity (Wildman–Crippen MR) is 174 cm³/mol. The number of furan rings is 1. The Morgan fingerprint density at radius 2 is 1.74 bits per heavy atom. The number of amidine groups is 1. The van der Waals surface area contributed by atoms with Crippen LogP contribution < -0.4 is 4.74 Å². The van der Waals surface area contributed by atoms with Gasteiger partial charge in [-0.05, 0) is 104 Å². The van der Waals surface area contributed by atoms with Crippen LogP contribution in [0.4, 0.5) is 5.69 Å². The summed E-state index contributed by atoms with van der Waals surface area (Å²) in [5.74, 6) is 1.32. The van der Waals surface area contributed by atoms with Crippen LogP contribution in [-0.4, -0.2) is 20.5 Å². The summed E-state index contributed by atoms with van der Waals surface area (Å²) in [4.78, 5) is 20.7. The first-order chi connectivity index (χ1) is 20.9. The Labute approximate surface area is 264 Å². The van der Waals surface area contributed by atoms with Crippen LogP contribution in [0.15, 0.2) is 112 Å². The molecule has 6 rings (SSSR count). The van der Waals surface area contributed by atoms with Crippen LogP contribution in [0.25, 0.3) is 11.8 Å². The number of nitrogens with zero attached hydrogens (tertiary/aromatic N) is 3. The molecule has 0 bridgehead atoms. The molecule has 216 valence electrons. The Kier molecular flexibility index (Phi) is 8.47. The fourth-order valence-electron chi connectivity index (χ4n) is 4.87. The predicted octanol–water partition coefficient (Wildman–Crippen LogP) is 9.38. The van der Waals surface area contributed by atoms with Gasteiger partial charge in [0.2, 0.25) is 0 Å². The summed E-state index contributed by atoms with van der Waals surface area (Å²) < 4.78 is 13.7. The number of aromatic nitrogens is 1. The highest BCUT2D eigenvalue weighted by atomic mass is 35.5. The van der Waals surface area contributed by atoms with Crippen molar-refractivity contribution in [3.05, 3.63) is 140 Å². The fourth-order valence-corrected chi connectivity index (χ4v) is 6.32. The lowest BCUT2D eigenvalue weighted by atomic mass is 10.2. The van der Waals surface area contributed by atoms with Gasteiger partial charge in [0, 0.05) is 32.7 Å². The Hall–Kier alpha value is -4.17. The molecule has 0 N–H and O–H groups in total. The van der Waals surface area contributed by atoms with E-state index in [0.29, 0.717) is 39.0 Å². The molecule has 0 spiro atoms. The number of aliphatic imine (C=N–C) groups is 1. The minimum absolute atomic E-state index is 0.108. The molecule has 2 aromatic heterocycles. The molecule has 5 aromatic rings. The largest absolute Gasteiger partial charge is 0.489 e. The van der Waals surface area contributed by atoms with Gasteiger partial charge in [0.1, 0.15) is 18.1 Å². The van der Waals surface area contributed by atoms with Crippen molar-refractivity contribution in [1.29, 1.82) is 0 Å². The van der Waals surface area contributed by atoms with Crippen molar-refractivity contribution in [3.8, 4) is 11.4 Å². The number of para-hydroxylation sites is 1. The van der Waals surface area contributed by atoms with Gasteiger partial charge in [0.05, 0.1) is 23.4 Å². The number of halogens is 2. The van der Waals surface area contributed by atoms with Crippen molar-refractivity contribution >= 4 is 57.8 Å². The Balaban J connectivity index is 1.24. The molecule has 3 aromatic carbocycles. The molecule has 1 fully saturated rings. The van der Waals surface area contributed by atoms with Crippen molar-refractivity contribution in [2.45, 2.75) is 27.0 Å². The third-order valence-electron chi connectivity index (χ3n) is 7.02. The maximum absolute atomic E-state index is 13.6. The van der Waals surface area contributed by atoms with E-state index < -0.39 is 0 Å². The van der Waals surface area contributed by atoms with Crippen molar-refractivity contribution in [3.63, 3.8) is 0 Å². The van der Waals surface area contributed by atoms with Crippen LogP contribution in [-0.2, 0) is 17.9 Å². The summed E-state index contributed by atoms with van der Waals surface area (Å²) in [6, 6.07) is 28.7. The topological polar surface area (TPSA) is 60.0 Å². The first kappa shape index (κ1) is 28.9. The average molecular weight is 629 g/mol. The van der Waals surface area contributed by atoms with Crippen molar-refractivity contribution in [1.82, 2.24) is 9.47 Å². The zero-order valence-corrected chi connectivity index (χ0v) is 25.8. The number of benzene rings is 3. The Morgan fingerprint density at radius 1 is 0.953 bits per heavy atom. The lowest BCUT2D eigenvalue weighted by Gasteiger charge is -2.13. The van der Waals surface area contributed by atoms with Crippen LogP contribution in [0.2, 0.25) is 10.0 Å². The molecule has 9 heteroatoms. The monoisotopic (exact) mass is 627 g/mol. The quantitative estimate of drug-likeness (QED) is 0.161. The molecule has 1 aliphatic rings. The van der Waals surface area contributed by atoms with Gasteiger partial charge >= 0.3 is 0 Å². The van der Waals surface area contributed by atoms with Gasteiger partial charge in [-0.2, -0.15) is 0 Å². The second kappa shape index (κ2) is 12.6. The molecule has 0 atom stereocenters. The first-order valence-corrected chi connectivity index (χ1v) is 15.2. The van der Waals surface area contributed by atoms with E-state index in [4.69, 9.17) is 37.3 Å². The zero-order valence-electron chi connectivity index (χ0n) is 23.5. The van der Waals surface area contributed by atoms with Crippen LogP contribution in [0.3, 0.4) is 0 Å². The zero-order chi connectivity index (χ0) is 29.9. The lowest BCUT2D eigenvalue weighted by molar-refractivity contribution is -0.122. The number of hydrogen-bond donors (Lipinski definition) is 0. The van der Waals surface area contributed by atoms with E-state index in [0.717, 1.165) is 39.6 Å². The van der Waals surface area contributed by atoms with E-state index in [9.17, 15) is 4.79 Å². The van der Waals surface area contributed by atoms with Gasteiger partial charge in [-0.15, -0.1) is 0 Å². The molecule has 0 aliphatic carbocycles. The number of ether oxygens (including phenoxy) is 1. The van der Waals surface area contributed by atoms with Gasteiger partial charge in [-0.25, -0.2) is 4.99 Å². The highest BCUT2D eigenvalue weighted by molar-refractivity contribution is 8.18. The lowest BCUT2D eigenvalue weighted by Crippen LogP contribution is -2.28. The van der Waals surface area contributed by atoms with Gasteiger partial charge in [-0.3, -0.25) is 9.69 Å². The normalized spacial score (nSPS) is 15.2. The molecule has 3 heterocycles. The van der Waals surface area contributed by atoms with Gasteiger partial charge in [-0.1, -0.05) is 47.5 Å². The standard InChI is InChI=1S/C34H27Cl2N3O3S/c1-22-17-25(23(2)39(22)28-12-14-29(15-13-28)42-21-24-10-11-26(35)19-31(24)36)18-32-33(40)38(20-30-9-6-16-41-30)34(43-32)37-27-7-4-3-5-8-27/h3-19H,20-21H2,1-2H3.